The Bertz CT molecular complexity index is 541. The number of benzene rings is 1. The van der Waals surface area contributed by atoms with Gasteiger partial charge in [-0.15, -0.1) is 10.2 Å². The SMILES string of the molecule is Cc1nnc(SC(CN)c2ccccc2F)n1C. The van der Waals surface area contributed by atoms with Gasteiger partial charge >= 0.3 is 0 Å². The molecule has 0 amide bonds. The molecule has 0 fully saturated rings. The molecule has 1 aromatic carbocycles. The first kappa shape index (κ1) is 13.0. The molecule has 6 heteroatoms. The van der Waals surface area contributed by atoms with E-state index in [1.165, 1.54) is 17.8 Å². The third-order valence-corrected chi connectivity index (χ3v) is 4.06. The Morgan fingerprint density at radius 3 is 2.67 bits per heavy atom. The molecule has 1 heterocycles. The monoisotopic (exact) mass is 266 g/mol. The Morgan fingerprint density at radius 2 is 2.11 bits per heavy atom. The molecule has 1 atom stereocenters. The van der Waals surface area contributed by atoms with Crippen LogP contribution in [0.4, 0.5) is 4.39 Å². The molecule has 0 aliphatic rings. The first-order valence-corrected chi connectivity index (χ1v) is 6.48. The zero-order valence-corrected chi connectivity index (χ0v) is 11.1. The topological polar surface area (TPSA) is 56.7 Å². The highest BCUT2D eigenvalue weighted by molar-refractivity contribution is 7.99. The maximum atomic E-state index is 13.7. The molecular weight excluding hydrogens is 251 g/mol. The van der Waals surface area contributed by atoms with Crippen LogP contribution >= 0.6 is 11.8 Å². The predicted molar refractivity (Wildman–Crippen MR) is 69.8 cm³/mol. The highest BCUT2D eigenvalue weighted by Gasteiger charge is 2.18. The number of halogens is 1. The van der Waals surface area contributed by atoms with E-state index in [2.05, 4.69) is 10.2 Å². The van der Waals surface area contributed by atoms with E-state index >= 15 is 0 Å². The summed E-state index contributed by atoms with van der Waals surface area (Å²) in [6.07, 6.45) is 0. The molecule has 2 N–H and O–H groups in total. The Kier molecular flexibility index (Phi) is 3.98. The summed E-state index contributed by atoms with van der Waals surface area (Å²) in [4.78, 5) is 0. The first-order chi connectivity index (χ1) is 8.63. The van der Waals surface area contributed by atoms with Gasteiger partial charge in [0.15, 0.2) is 5.16 Å². The lowest BCUT2D eigenvalue weighted by molar-refractivity contribution is 0.607. The molecule has 4 nitrogen and oxygen atoms in total. The van der Waals surface area contributed by atoms with Crippen molar-refractivity contribution in [2.24, 2.45) is 12.8 Å². The molecule has 0 radical (unpaired) electrons. The van der Waals surface area contributed by atoms with Crippen LogP contribution in [-0.2, 0) is 7.05 Å². The number of hydrogen-bond acceptors (Lipinski definition) is 4. The molecule has 0 aliphatic heterocycles. The molecule has 2 aromatic rings. The third kappa shape index (κ3) is 2.54. The summed E-state index contributed by atoms with van der Waals surface area (Å²) in [5, 5.41) is 8.62. The van der Waals surface area contributed by atoms with Crippen LogP contribution in [0.2, 0.25) is 0 Å². The van der Waals surface area contributed by atoms with E-state index in [1.54, 1.807) is 12.1 Å². The lowest BCUT2D eigenvalue weighted by Gasteiger charge is -2.14. The van der Waals surface area contributed by atoms with Crippen LogP contribution in [0.1, 0.15) is 16.6 Å². The highest BCUT2D eigenvalue weighted by atomic mass is 32.2. The summed E-state index contributed by atoms with van der Waals surface area (Å²) in [5.74, 6) is 0.584. The fraction of sp³-hybridized carbons (Fsp3) is 0.333. The second-order valence-electron chi connectivity index (χ2n) is 3.95. The Labute approximate surface area is 109 Å². The fourth-order valence-electron chi connectivity index (χ4n) is 1.59. The van der Waals surface area contributed by atoms with Crippen LogP contribution < -0.4 is 5.73 Å². The standard InChI is InChI=1S/C12H15FN4S/c1-8-15-16-12(17(8)2)18-11(7-14)9-5-3-4-6-10(9)13/h3-6,11H,7,14H2,1-2H3. The number of nitrogens with zero attached hydrogens (tertiary/aromatic N) is 3. The lowest BCUT2D eigenvalue weighted by Crippen LogP contribution is -2.11. The molecule has 96 valence electrons. The summed E-state index contributed by atoms with van der Waals surface area (Å²) in [7, 11) is 1.88. The lowest BCUT2D eigenvalue weighted by atomic mass is 10.1. The number of thioether (sulfide) groups is 1. The largest absolute Gasteiger partial charge is 0.329 e. The Morgan fingerprint density at radius 1 is 1.39 bits per heavy atom. The average molecular weight is 266 g/mol. The van der Waals surface area contributed by atoms with Crippen molar-refractivity contribution in [1.82, 2.24) is 14.8 Å². The molecule has 0 saturated carbocycles. The molecule has 0 aliphatic carbocycles. The number of rotatable bonds is 4. The number of aryl methyl sites for hydroxylation is 1. The van der Waals surface area contributed by atoms with E-state index in [1.807, 2.05) is 24.6 Å². The summed E-state index contributed by atoms with van der Waals surface area (Å²) in [6.45, 7) is 2.22. The quantitative estimate of drug-likeness (QED) is 0.861. The van der Waals surface area contributed by atoms with E-state index < -0.39 is 0 Å². The molecule has 0 spiro atoms. The number of aromatic nitrogens is 3. The van der Waals surface area contributed by atoms with Gasteiger partial charge in [-0.2, -0.15) is 0 Å². The van der Waals surface area contributed by atoms with Gasteiger partial charge in [0.1, 0.15) is 11.6 Å². The summed E-state index contributed by atoms with van der Waals surface area (Å²) >= 11 is 1.43. The molecule has 18 heavy (non-hydrogen) atoms. The maximum Gasteiger partial charge on any atom is 0.191 e. The van der Waals surface area contributed by atoms with Gasteiger partial charge in [0.25, 0.3) is 0 Å². The molecule has 2 rings (SSSR count). The van der Waals surface area contributed by atoms with E-state index in [0.29, 0.717) is 12.1 Å². The molecule has 1 unspecified atom stereocenters. The summed E-state index contributed by atoms with van der Waals surface area (Å²) < 4.78 is 15.6. The van der Waals surface area contributed by atoms with Crippen molar-refractivity contribution in [2.75, 3.05) is 6.54 Å². The minimum absolute atomic E-state index is 0.159. The molecular formula is C12H15FN4S. The normalized spacial score (nSPS) is 12.7. The highest BCUT2D eigenvalue weighted by Crippen LogP contribution is 2.34. The molecule has 0 bridgehead atoms. The van der Waals surface area contributed by atoms with Gasteiger partial charge in [0.05, 0.1) is 5.25 Å². The van der Waals surface area contributed by atoms with Crippen LogP contribution in [0, 0.1) is 12.7 Å². The van der Waals surface area contributed by atoms with Crippen molar-refractivity contribution in [3.63, 3.8) is 0 Å². The van der Waals surface area contributed by atoms with Crippen LogP contribution in [-0.4, -0.2) is 21.3 Å². The van der Waals surface area contributed by atoms with Gasteiger partial charge in [-0.25, -0.2) is 4.39 Å². The van der Waals surface area contributed by atoms with Crippen LogP contribution in [0.3, 0.4) is 0 Å². The predicted octanol–water partition coefficient (Wildman–Crippen LogP) is 2.05. The summed E-state index contributed by atoms with van der Waals surface area (Å²) in [6, 6.07) is 6.68. The number of hydrogen-bond donors (Lipinski definition) is 1. The Balaban J connectivity index is 2.25. The minimum Gasteiger partial charge on any atom is -0.329 e. The average Bonchev–Trinajstić information content (AvgIpc) is 2.68. The van der Waals surface area contributed by atoms with Crippen molar-refractivity contribution in [1.29, 1.82) is 0 Å². The van der Waals surface area contributed by atoms with Gasteiger partial charge in [0.2, 0.25) is 0 Å². The van der Waals surface area contributed by atoms with Crippen molar-refractivity contribution in [3.8, 4) is 0 Å². The Hall–Kier alpha value is -1.40. The van der Waals surface area contributed by atoms with Gasteiger partial charge in [-0.3, -0.25) is 0 Å². The van der Waals surface area contributed by atoms with Crippen molar-refractivity contribution in [3.05, 3.63) is 41.5 Å². The van der Waals surface area contributed by atoms with E-state index in [-0.39, 0.29) is 11.1 Å². The van der Waals surface area contributed by atoms with Gasteiger partial charge in [0, 0.05) is 19.2 Å². The second-order valence-corrected chi connectivity index (χ2v) is 5.12. The molecule has 1 aromatic heterocycles. The van der Waals surface area contributed by atoms with Crippen molar-refractivity contribution < 1.29 is 4.39 Å². The fourth-order valence-corrected chi connectivity index (χ4v) is 2.64. The van der Waals surface area contributed by atoms with Gasteiger partial charge in [-0.1, -0.05) is 30.0 Å². The maximum absolute atomic E-state index is 13.7. The van der Waals surface area contributed by atoms with Crippen LogP contribution in [0.5, 0.6) is 0 Å². The van der Waals surface area contributed by atoms with E-state index in [0.717, 1.165) is 11.0 Å². The third-order valence-electron chi connectivity index (χ3n) is 2.77. The molecule has 0 saturated heterocycles. The summed E-state index contributed by atoms with van der Waals surface area (Å²) in [5.41, 5.74) is 6.34. The smallest absolute Gasteiger partial charge is 0.191 e. The van der Waals surface area contributed by atoms with Gasteiger partial charge in [-0.05, 0) is 13.0 Å². The van der Waals surface area contributed by atoms with Crippen LogP contribution in [0.25, 0.3) is 0 Å². The van der Waals surface area contributed by atoms with E-state index in [4.69, 9.17) is 5.73 Å². The minimum atomic E-state index is -0.237. The van der Waals surface area contributed by atoms with Crippen molar-refractivity contribution in [2.45, 2.75) is 17.3 Å². The van der Waals surface area contributed by atoms with Gasteiger partial charge < -0.3 is 10.3 Å². The van der Waals surface area contributed by atoms with Crippen LogP contribution in [0.15, 0.2) is 29.4 Å². The second kappa shape index (κ2) is 5.49. The number of nitrogens with two attached hydrogens (primary N) is 1. The zero-order chi connectivity index (χ0) is 13.1. The van der Waals surface area contributed by atoms with Crippen molar-refractivity contribution >= 4 is 11.8 Å². The van der Waals surface area contributed by atoms with E-state index in [9.17, 15) is 4.39 Å². The zero-order valence-electron chi connectivity index (χ0n) is 10.3. The first-order valence-electron chi connectivity index (χ1n) is 5.60.